The number of likely N-dealkylation sites (tertiary alicyclic amines) is 1. The Morgan fingerprint density at radius 2 is 2.21 bits per heavy atom. The van der Waals surface area contributed by atoms with Crippen LogP contribution in [0.1, 0.15) is 49.1 Å². The van der Waals surface area contributed by atoms with Gasteiger partial charge in [-0.2, -0.15) is 5.10 Å². The summed E-state index contributed by atoms with van der Waals surface area (Å²) in [4.78, 5) is 15.3. The molecule has 4 rings (SSSR count). The van der Waals surface area contributed by atoms with Crippen LogP contribution in [0.2, 0.25) is 0 Å². The van der Waals surface area contributed by atoms with Crippen LogP contribution in [-0.4, -0.2) is 34.1 Å². The minimum absolute atomic E-state index is 0.174. The summed E-state index contributed by atoms with van der Waals surface area (Å²) < 4.78 is 13.7. The lowest BCUT2D eigenvalue weighted by atomic mass is 9.63. The number of aromatic amines is 1. The zero-order valence-electron chi connectivity index (χ0n) is 13.7. The second-order valence-electron chi connectivity index (χ2n) is 7.07. The van der Waals surface area contributed by atoms with Crippen molar-refractivity contribution in [2.75, 3.05) is 13.1 Å². The Balaban J connectivity index is 1.57. The van der Waals surface area contributed by atoms with Crippen molar-refractivity contribution in [1.82, 2.24) is 15.1 Å². The predicted octanol–water partition coefficient (Wildman–Crippen LogP) is 3.38. The number of nitrogens with zero attached hydrogens (tertiary/aromatic N) is 2. The fourth-order valence-electron chi connectivity index (χ4n) is 4.16. The number of piperidine rings is 1. The van der Waals surface area contributed by atoms with Gasteiger partial charge in [0.25, 0.3) is 0 Å². The van der Waals surface area contributed by atoms with Crippen molar-refractivity contribution in [1.29, 1.82) is 0 Å². The van der Waals surface area contributed by atoms with E-state index in [0.29, 0.717) is 5.92 Å². The Morgan fingerprint density at radius 1 is 1.33 bits per heavy atom. The third kappa shape index (κ3) is 2.52. The molecule has 2 aromatic rings. The van der Waals surface area contributed by atoms with Crippen molar-refractivity contribution in [3.63, 3.8) is 0 Å². The number of hydrogen-bond acceptors (Lipinski definition) is 2. The summed E-state index contributed by atoms with van der Waals surface area (Å²) in [6, 6.07) is 6.59. The largest absolute Gasteiger partial charge is 0.341 e. The molecule has 1 N–H and O–H groups in total. The van der Waals surface area contributed by atoms with E-state index in [1.165, 1.54) is 17.7 Å². The van der Waals surface area contributed by atoms with E-state index in [4.69, 9.17) is 0 Å². The second kappa shape index (κ2) is 6.04. The third-order valence-corrected chi connectivity index (χ3v) is 5.69. The summed E-state index contributed by atoms with van der Waals surface area (Å²) in [7, 11) is 0. The number of carbonyl (C=O) groups is 1. The van der Waals surface area contributed by atoms with E-state index in [0.717, 1.165) is 50.8 Å². The van der Waals surface area contributed by atoms with Crippen molar-refractivity contribution in [2.24, 2.45) is 0 Å². The molecule has 4 nitrogen and oxygen atoms in total. The molecular formula is C19H22FN3O. The molecule has 1 aromatic carbocycles. The highest BCUT2D eigenvalue weighted by Crippen LogP contribution is 2.46. The maximum absolute atomic E-state index is 13.7. The quantitative estimate of drug-likeness (QED) is 0.939. The maximum atomic E-state index is 13.7. The molecule has 5 heteroatoms. The number of hydrogen-bond donors (Lipinski definition) is 1. The molecule has 1 amide bonds. The first-order chi connectivity index (χ1) is 11.7. The summed E-state index contributed by atoms with van der Waals surface area (Å²) >= 11 is 0. The van der Waals surface area contributed by atoms with E-state index in [-0.39, 0.29) is 11.7 Å². The molecule has 0 radical (unpaired) electrons. The molecule has 2 fully saturated rings. The lowest BCUT2D eigenvalue weighted by molar-refractivity contribution is -0.142. The molecule has 1 saturated carbocycles. The lowest BCUT2D eigenvalue weighted by Crippen LogP contribution is -2.53. The monoisotopic (exact) mass is 327 g/mol. The van der Waals surface area contributed by atoms with E-state index >= 15 is 0 Å². The third-order valence-electron chi connectivity index (χ3n) is 5.69. The molecule has 2 aliphatic rings. The van der Waals surface area contributed by atoms with Gasteiger partial charge in [-0.3, -0.25) is 9.89 Å². The Hall–Kier alpha value is -2.17. The van der Waals surface area contributed by atoms with Gasteiger partial charge >= 0.3 is 0 Å². The summed E-state index contributed by atoms with van der Waals surface area (Å²) in [5.74, 6) is 0.250. The molecule has 0 spiro atoms. The fourth-order valence-corrected chi connectivity index (χ4v) is 4.16. The summed E-state index contributed by atoms with van der Waals surface area (Å²) in [5, 5.41) is 6.89. The van der Waals surface area contributed by atoms with Crippen molar-refractivity contribution in [3.8, 4) is 0 Å². The molecule has 2 heterocycles. The van der Waals surface area contributed by atoms with Crippen molar-refractivity contribution in [3.05, 3.63) is 53.6 Å². The van der Waals surface area contributed by atoms with Gasteiger partial charge in [-0.1, -0.05) is 18.6 Å². The number of amides is 1. The number of H-pyrrole nitrogens is 1. The van der Waals surface area contributed by atoms with Crippen molar-refractivity contribution in [2.45, 2.75) is 43.4 Å². The molecule has 0 bridgehead atoms. The van der Waals surface area contributed by atoms with Gasteiger partial charge in [0.15, 0.2) is 0 Å². The first kappa shape index (κ1) is 15.4. The molecule has 1 aliphatic carbocycles. The summed E-state index contributed by atoms with van der Waals surface area (Å²) in [5.41, 5.74) is 1.49. The van der Waals surface area contributed by atoms with Gasteiger partial charge in [0.2, 0.25) is 5.91 Å². The maximum Gasteiger partial charge on any atom is 0.233 e. The van der Waals surface area contributed by atoms with Gasteiger partial charge in [-0.05, 0) is 48.9 Å². The normalized spacial score (nSPS) is 22.9. The average Bonchev–Trinajstić information content (AvgIpc) is 3.08. The number of rotatable bonds is 3. The zero-order valence-corrected chi connectivity index (χ0v) is 13.7. The number of aromatic nitrogens is 2. The van der Waals surface area contributed by atoms with Crippen LogP contribution >= 0.6 is 0 Å². The number of nitrogens with one attached hydrogen (secondary N) is 1. The Labute approximate surface area is 141 Å². The van der Waals surface area contributed by atoms with E-state index in [1.54, 1.807) is 6.07 Å². The van der Waals surface area contributed by atoms with Crippen molar-refractivity contribution < 1.29 is 9.18 Å². The van der Waals surface area contributed by atoms with Crippen LogP contribution in [0, 0.1) is 5.82 Å². The molecule has 1 atom stereocenters. The van der Waals surface area contributed by atoms with Crippen molar-refractivity contribution >= 4 is 5.91 Å². The minimum Gasteiger partial charge on any atom is -0.341 e. The number of benzene rings is 1. The molecule has 126 valence electrons. The van der Waals surface area contributed by atoms with Crippen LogP contribution in [0.3, 0.4) is 0 Å². The molecule has 1 saturated heterocycles. The van der Waals surface area contributed by atoms with Gasteiger partial charge < -0.3 is 4.90 Å². The Morgan fingerprint density at radius 3 is 2.88 bits per heavy atom. The smallest absolute Gasteiger partial charge is 0.233 e. The Bertz CT molecular complexity index is 724. The summed E-state index contributed by atoms with van der Waals surface area (Å²) in [6.07, 6.45) is 8.53. The summed E-state index contributed by atoms with van der Waals surface area (Å²) in [6.45, 7) is 1.53. The number of halogens is 1. The predicted molar refractivity (Wildman–Crippen MR) is 89.1 cm³/mol. The standard InChI is InChI=1S/C19H22FN3O/c20-17-6-1-5-16(10-17)19(7-3-8-19)18(24)23-9-2-4-14(13-23)15-11-21-22-12-15/h1,5-6,10-12,14H,2-4,7-9,13H2,(H,21,22)/t14-/m1/s1. The molecular weight excluding hydrogens is 305 g/mol. The van der Waals surface area contributed by atoms with E-state index < -0.39 is 5.41 Å². The minimum atomic E-state index is -0.514. The van der Waals surface area contributed by atoms with Crippen LogP contribution in [0.4, 0.5) is 4.39 Å². The van der Waals surface area contributed by atoms with Crippen LogP contribution in [-0.2, 0) is 10.2 Å². The van der Waals surface area contributed by atoms with E-state index in [2.05, 4.69) is 10.2 Å². The van der Waals surface area contributed by atoms with Crippen LogP contribution in [0.5, 0.6) is 0 Å². The molecule has 0 unspecified atom stereocenters. The highest BCUT2D eigenvalue weighted by atomic mass is 19.1. The first-order valence-electron chi connectivity index (χ1n) is 8.73. The molecule has 24 heavy (non-hydrogen) atoms. The zero-order chi connectivity index (χ0) is 16.6. The first-order valence-corrected chi connectivity index (χ1v) is 8.73. The number of carbonyl (C=O) groups excluding carboxylic acids is 1. The topological polar surface area (TPSA) is 49.0 Å². The SMILES string of the molecule is O=C(N1CCC[C@@H](c2cn[nH]c2)C1)C1(c2cccc(F)c2)CCC1. The second-order valence-corrected chi connectivity index (χ2v) is 7.07. The highest BCUT2D eigenvalue weighted by molar-refractivity contribution is 5.89. The van der Waals surface area contributed by atoms with Gasteiger partial charge in [0, 0.05) is 25.2 Å². The van der Waals surface area contributed by atoms with Gasteiger partial charge in [-0.15, -0.1) is 0 Å². The molecule has 1 aromatic heterocycles. The van der Waals surface area contributed by atoms with Gasteiger partial charge in [0.05, 0.1) is 11.6 Å². The average molecular weight is 327 g/mol. The van der Waals surface area contributed by atoms with Crippen LogP contribution < -0.4 is 0 Å². The van der Waals surface area contributed by atoms with Gasteiger partial charge in [0.1, 0.15) is 5.82 Å². The van der Waals surface area contributed by atoms with E-state index in [1.807, 2.05) is 23.4 Å². The highest BCUT2D eigenvalue weighted by Gasteiger charge is 2.48. The van der Waals surface area contributed by atoms with Crippen LogP contribution in [0.25, 0.3) is 0 Å². The fraction of sp³-hybridized carbons (Fsp3) is 0.474. The Kier molecular flexibility index (Phi) is 3.87. The van der Waals surface area contributed by atoms with E-state index in [9.17, 15) is 9.18 Å². The van der Waals surface area contributed by atoms with Gasteiger partial charge in [-0.25, -0.2) is 4.39 Å². The van der Waals surface area contributed by atoms with Crippen LogP contribution in [0.15, 0.2) is 36.7 Å². The lowest BCUT2D eigenvalue weighted by Gasteiger charge is -2.46. The molecule has 1 aliphatic heterocycles.